The van der Waals surface area contributed by atoms with Gasteiger partial charge in [0.25, 0.3) is 0 Å². The second-order valence-corrected chi connectivity index (χ2v) is 5.59. The SMILES string of the molecule is C=C1COC2c3cc(F)ccc3Cc3ccccc3C12. The summed E-state index contributed by atoms with van der Waals surface area (Å²) in [5.41, 5.74) is 5.78. The lowest BCUT2D eigenvalue weighted by Crippen LogP contribution is -2.07. The van der Waals surface area contributed by atoms with Crippen molar-refractivity contribution in [3.8, 4) is 0 Å². The first kappa shape index (κ1) is 11.9. The molecule has 0 saturated carbocycles. The molecule has 2 aromatic carbocycles. The first-order valence-corrected chi connectivity index (χ1v) is 6.89. The number of ether oxygens (including phenoxy) is 1. The van der Waals surface area contributed by atoms with Crippen LogP contribution in [-0.2, 0) is 11.2 Å². The summed E-state index contributed by atoms with van der Waals surface area (Å²) in [4.78, 5) is 0. The maximum Gasteiger partial charge on any atom is 0.123 e. The van der Waals surface area contributed by atoms with E-state index in [1.54, 1.807) is 6.07 Å². The molecule has 2 heteroatoms. The lowest BCUT2D eigenvalue weighted by molar-refractivity contribution is 0.105. The van der Waals surface area contributed by atoms with Crippen molar-refractivity contribution in [2.75, 3.05) is 6.61 Å². The zero-order valence-corrected chi connectivity index (χ0v) is 11.1. The summed E-state index contributed by atoms with van der Waals surface area (Å²) >= 11 is 0. The Labute approximate surface area is 117 Å². The maximum absolute atomic E-state index is 13.6. The van der Waals surface area contributed by atoms with Gasteiger partial charge < -0.3 is 4.74 Å². The molecular formula is C18H15FO. The van der Waals surface area contributed by atoms with Crippen molar-refractivity contribution < 1.29 is 9.13 Å². The fraction of sp³-hybridized carbons (Fsp3) is 0.222. The molecule has 0 bridgehead atoms. The second-order valence-electron chi connectivity index (χ2n) is 5.59. The van der Waals surface area contributed by atoms with E-state index in [2.05, 4.69) is 30.8 Å². The Bertz CT molecular complexity index is 704. The Hall–Kier alpha value is -1.93. The van der Waals surface area contributed by atoms with Crippen LogP contribution in [0.15, 0.2) is 54.6 Å². The van der Waals surface area contributed by atoms with E-state index in [1.807, 2.05) is 6.07 Å². The van der Waals surface area contributed by atoms with Gasteiger partial charge >= 0.3 is 0 Å². The molecule has 0 N–H and O–H groups in total. The summed E-state index contributed by atoms with van der Waals surface area (Å²) in [5.74, 6) is -0.0520. The van der Waals surface area contributed by atoms with Gasteiger partial charge in [-0.05, 0) is 46.4 Å². The van der Waals surface area contributed by atoms with E-state index in [0.717, 1.165) is 23.1 Å². The van der Waals surface area contributed by atoms with Gasteiger partial charge in [0.15, 0.2) is 0 Å². The van der Waals surface area contributed by atoms with Crippen molar-refractivity contribution in [2.24, 2.45) is 0 Å². The third-order valence-corrected chi connectivity index (χ3v) is 4.38. The molecule has 100 valence electrons. The summed E-state index contributed by atoms with van der Waals surface area (Å²) in [6.45, 7) is 4.71. The van der Waals surface area contributed by atoms with Crippen LogP contribution in [0.3, 0.4) is 0 Å². The van der Waals surface area contributed by atoms with Crippen LogP contribution in [-0.4, -0.2) is 6.61 Å². The van der Waals surface area contributed by atoms with Crippen LogP contribution >= 0.6 is 0 Å². The van der Waals surface area contributed by atoms with E-state index in [9.17, 15) is 4.39 Å². The molecule has 2 atom stereocenters. The smallest absolute Gasteiger partial charge is 0.123 e. The summed E-state index contributed by atoms with van der Waals surface area (Å²) < 4.78 is 19.6. The van der Waals surface area contributed by atoms with Crippen molar-refractivity contribution in [2.45, 2.75) is 18.4 Å². The van der Waals surface area contributed by atoms with E-state index in [-0.39, 0.29) is 17.8 Å². The fourth-order valence-corrected chi connectivity index (χ4v) is 3.44. The normalized spacial score (nSPS) is 23.8. The zero-order chi connectivity index (χ0) is 13.7. The molecule has 1 fully saturated rings. The Morgan fingerprint density at radius 3 is 2.75 bits per heavy atom. The molecule has 1 nitrogen and oxygen atoms in total. The Kier molecular flexibility index (Phi) is 2.54. The average Bonchev–Trinajstić information content (AvgIpc) is 2.76. The van der Waals surface area contributed by atoms with Gasteiger partial charge in [-0.1, -0.05) is 36.9 Å². The fourth-order valence-electron chi connectivity index (χ4n) is 3.44. The van der Waals surface area contributed by atoms with E-state index >= 15 is 0 Å². The van der Waals surface area contributed by atoms with Crippen LogP contribution in [0.25, 0.3) is 0 Å². The minimum Gasteiger partial charge on any atom is -0.368 e. The molecule has 0 radical (unpaired) electrons. The highest BCUT2D eigenvalue weighted by Crippen LogP contribution is 2.48. The minimum absolute atomic E-state index is 0.100. The molecule has 1 aliphatic carbocycles. The molecule has 1 aliphatic heterocycles. The standard InChI is InChI=1S/C18H15FO/c1-11-10-20-18-16-9-14(19)7-6-13(16)8-12-4-2-3-5-15(12)17(11)18/h2-7,9,17-18H,1,8,10H2. The second kappa shape index (κ2) is 4.29. The number of rotatable bonds is 0. The van der Waals surface area contributed by atoms with Crippen molar-refractivity contribution >= 4 is 0 Å². The van der Waals surface area contributed by atoms with Gasteiger partial charge in [0.2, 0.25) is 0 Å². The molecule has 0 aromatic heterocycles. The Morgan fingerprint density at radius 2 is 1.85 bits per heavy atom. The maximum atomic E-state index is 13.6. The van der Waals surface area contributed by atoms with Crippen LogP contribution in [0.5, 0.6) is 0 Å². The number of halogens is 1. The first-order chi connectivity index (χ1) is 9.74. The van der Waals surface area contributed by atoms with E-state index < -0.39 is 0 Å². The summed E-state index contributed by atoms with van der Waals surface area (Å²) in [6, 6.07) is 13.4. The minimum atomic E-state index is -0.199. The topological polar surface area (TPSA) is 9.23 Å². The van der Waals surface area contributed by atoms with E-state index in [0.29, 0.717) is 6.61 Å². The number of hydrogen-bond acceptors (Lipinski definition) is 1. The Morgan fingerprint density at radius 1 is 1.05 bits per heavy atom. The predicted molar refractivity (Wildman–Crippen MR) is 76.2 cm³/mol. The molecule has 2 unspecified atom stereocenters. The molecule has 2 aromatic rings. The van der Waals surface area contributed by atoms with Crippen molar-refractivity contribution in [3.63, 3.8) is 0 Å². The van der Waals surface area contributed by atoms with Crippen molar-refractivity contribution in [1.29, 1.82) is 0 Å². The summed E-state index contributed by atoms with van der Waals surface area (Å²) in [6.07, 6.45) is 0.729. The zero-order valence-electron chi connectivity index (χ0n) is 11.1. The van der Waals surface area contributed by atoms with Gasteiger partial charge in [0.05, 0.1) is 12.7 Å². The van der Waals surface area contributed by atoms with Gasteiger partial charge in [-0.3, -0.25) is 0 Å². The lowest BCUT2D eigenvalue weighted by atomic mass is 9.86. The molecule has 1 heterocycles. The van der Waals surface area contributed by atoms with Gasteiger partial charge in [-0.15, -0.1) is 0 Å². The highest BCUT2D eigenvalue weighted by molar-refractivity contribution is 5.48. The number of hydrogen-bond donors (Lipinski definition) is 0. The van der Waals surface area contributed by atoms with Crippen molar-refractivity contribution in [3.05, 3.63) is 82.7 Å². The predicted octanol–water partition coefficient (Wildman–Crippen LogP) is 4.14. The summed E-state index contributed by atoms with van der Waals surface area (Å²) in [5, 5.41) is 0. The molecule has 20 heavy (non-hydrogen) atoms. The quantitative estimate of drug-likeness (QED) is 0.651. The molecule has 0 amide bonds. The van der Waals surface area contributed by atoms with Crippen molar-refractivity contribution in [1.82, 2.24) is 0 Å². The van der Waals surface area contributed by atoms with Crippen LogP contribution in [0.4, 0.5) is 4.39 Å². The third kappa shape index (κ3) is 1.65. The largest absolute Gasteiger partial charge is 0.368 e. The van der Waals surface area contributed by atoms with Crippen LogP contribution < -0.4 is 0 Å². The lowest BCUT2D eigenvalue weighted by Gasteiger charge is -2.19. The van der Waals surface area contributed by atoms with Crippen LogP contribution in [0.1, 0.15) is 34.3 Å². The van der Waals surface area contributed by atoms with Gasteiger partial charge in [-0.2, -0.15) is 0 Å². The van der Waals surface area contributed by atoms with Gasteiger partial charge in [-0.25, -0.2) is 4.39 Å². The van der Waals surface area contributed by atoms with Gasteiger partial charge in [0, 0.05) is 5.92 Å². The third-order valence-electron chi connectivity index (χ3n) is 4.38. The van der Waals surface area contributed by atoms with Crippen LogP contribution in [0, 0.1) is 5.82 Å². The monoisotopic (exact) mass is 266 g/mol. The first-order valence-electron chi connectivity index (χ1n) is 6.89. The van der Waals surface area contributed by atoms with Crippen LogP contribution in [0.2, 0.25) is 0 Å². The molecular weight excluding hydrogens is 251 g/mol. The Balaban J connectivity index is 1.98. The van der Waals surface area contributed by atoms with E-state index in [4.69, 9.17) is 4.74 Å². The average molecular weight is 266 g/mol. The highest BCUT2D eigenvalue weighted by atomic mass is 19.1. The molecule has 0 spiro atoms. The van der Waals surface area contributed by atoms with Gasteiger partial charge in [0.1, 0.15) is 5.82 Å². The summed E-state index contributed by atoms with van der Waals surface area (Å²) in [7, 11) is 0. The number of fused-ring (bicyclic) bond motifs is 5. The molecule has 1 saturated heterocycles. The van der Waals surface area contributed by atoms with E-state index in [1.165, 1.54) is 17.2 Å². The molecule has 2 aliphatic rings. The molecule has 4 rings (SSSR count). The number of benzene rings is 2. The highest BCUT2D eigenvalue weighted by Gasteiger charge is 2.38.